The van der Waals surface area contributed by atoms with Crippen LogP contribution in [0.5, 0.6) is 5.75 Å². The monoisotopic (exact) mass is 496 g/mol. The van der Waals surface area contributed by atoms with Gasteiger partial charge in [0.05, 0.1) is 24.9 Å². The Balaban J connectivity index is 1.92. The molecule has 0 radical (unpaired) electrons. The number of nitrogens with one attached hydrogen (secondary N) is 1. The molecule has 0 unspecified atom stereocenters. The van der Waals surface area contributed by atoms with Crippen molar-refractivity contribution < 1.29 is 27.8 Å². The van der Waals surface area contributed by atoms with Crippen LogP contribution in [0.4, 0.5) is 13.2 Å². The van der Waals surface area contributed by atoms with E-state index in [0.29, 0.717) is 27.8 Å². The van der Waals surface area contributed by atoms with Gasteiger partial charge in [0.25, 0.3) is 0 Å². The number of aliphatic carboxylic acids is 1. The summed E-state index contributed by atoms with van der Waals surface area (Å²) in [5.74, 6) is -3.38. The summed E-state index contributed by atoms with van der Waals surface area (Å²) >= 11 is 0. The van der Waals surface area contributed by atoms with Crippen LogP contribution in [0.25, 0.3) is 27.5 Å². The standard InChI is InChI=1S/C26H23F3N4O3/c1-25(2,6-7-30)23-19(14-10-26(29,11-14)24(34)35)20-17(8-13-12-31-32-22(13)21(20)28)33(23)15-4-5-16(27)18(9-15)36-3/h4-5,8-9,12,14H,6,10-11H2,1-3H3,(H,31,32)(H,34,35)/t14-,26+. The molecule has 4 aromatic rings. The van der Waals surface area contributed by atoms with Gasteiger partial charge in [0.2, 0.25) is 5.67 Å². The SMILES string of the molecule is COc1cc(-n2c(C(C)(C)CC#N)c([C@H]3C[C@](F)(C(=O)O)C3)c3c(F)c4[nH]ncc4cc32)ccc1F. The summed E-state index contributed by atoms with van der Waals surface area (Å²) in [6.45, 7) is 3.63. The van der Waals surface area contributed by atoms with Gasteiger partial charge in [0, 0.05) is 40.1 Å². The lowest BCUT2D eigenvalue weighted by Gasteiger charge is -2.40. The van der Waals surface area contributed by atoms with Gasteiger partial charge in [-0.05, 0) is 42.5 Å². The average molecular weight is 496 g/mol. The number of H-pyrrole nitrogens is 1. The third-order valence-corrected chi connectivity index (χ3v) is 7.13. The lowest BCUT2D eigenvalue weighted by atomic mass is 9.66. The Morgan fingerprint density at radius 1 is 1.36 bits per heavy atom. The first kappa shape index (κ1) is 23.7. The van der Waals surface area contributed by atoms with Crippen LogP contribution in [0.1, 0.15) is 50.3 Å². The molecule has 0 aliphatic heterocycles. The van der Waals surface area contributed by atoms with E-state index in [1.54, 1.807) is 10.6 Å². The summed E-state index contributed by atoms with van der Waals surface area (Å²) in [5.41, 5.74) is -1.27. The van der Waals surface area contributed by atoms with Crippen LogP contribution < -0.4 is 4.74 Å². The minimum absolute atomic E-state index is 0.0258. The molecule has 2 heterocycles. The van der Waals surface area contributed by atoms with E-state index in [2.05, 4.69) is 16.3 Å². The maximum Gasteiger partial charge on any atom is 0.341 e. The van der Waals surface area contributed by atoms with Crippen molar-refractivity contribution in [1.82, 2.24) is 14.8 Å². The van der Waals surface area contributed by atoms with Gasteiger partial charge in [-0.2, -0.15) is 10.4 Å². The van der Waals surface area contributed by atoms with Gasteiger partial charge >= 0.3 is 5.97 Å². The highest BCUT2D eigenvalue weighted by atomic mass is 19.1. The summed E-state index contributed by atoms with van der Waals surface area (Å²) < 4.78 is 52.2. The summed E-state index contributed by atoms with van der Waals surface area (Å²) in [4.78, 5) is 11.5. The van der Waals surface area contributed by atoms with E-state index in [4.69, 9.17) is 4.74 Å². The molecule has 0 spiro atoms. The normalized spacial score (nSPS) is 19.9. The number of nitrogens with zero attached hydrogens (tertiary/aromatic N) is 3. The van der Waals surface area contributed by atoms with Crippen LogP contribution in [-0.4, -0.2) is 38.6 Å². The second kappa shape index (κ2) is 8.01. The minimum Gasteiger partial charge on any atom is -0.494 e. The van der Waals surface area contributed by atoms with Gasteiger partial charge < -0.3 is 14.4 Å². The quantitative estimate of drug-likeness (QED) is 0.359. The smallest absolute Gasteiger partial charge is 0.341 e. The number of aromatic nitrogens is 3. The summed E-state index contributed by atoms with van der Waals surface area (Å²) in [5, 5.41) is 26.2. The lowest BCUT2D eigenvalue weighted by molar-refractivity contribution is -0.158. The van der Waals surface area contributed by atoms with Crippen molar-refractivity contribution >= 4 is 27.8 Å². The maximum atomic E-state index is 16.1. The molecular formula is C26H23F3N4O3. The molecule has 0 saturated heterocycles. The molecule has 1 fully saturated rings. The van der Waals surface area contributed by atoms with Crippen molar-refractivity contribution in [2.75, 3.05) is 7.11 Å². The molecule has 0 amide bonds. The highest BCUT2D eigenvalue weighted by Gasteiger charge is 2.54. The first-order chi connectivity index (χ1) is 17.0. The Hall–Kier alpha value is -4.00. The molecule has 2 aromatic carbocycles. The molecule has 0 atom stereocenters. The van der Waals surface area contributed by atoms with Crippen molar-refractivity contribution in [2.24, 2.45) is 0 Å². The zero-order valence-corrected chi connectivity index (χ0v) is 19.8. The molecule has 2 aromatic heterocycles. The van der Waals surface area contributed by atoms with E-state index < -0.39 is 34.6 Å². The highest BCUT2D eigenvalue weighted by molar-refractivity contribution is 6.00. The van der Waals surface area contributed by atoms with Crippen molar-refractivity contribution in [3.63, 3.8) is 0 Å². The van der Waals surface area contributed by atoms with Crippen molar-refractivity contribution in [2.45, 2.75) is 50.1 Å². The van der Waals surface area contributed by atoms with E-state index in [1.165, 1.54) is 31.5 Å². The molecule has 7 nitrogen and oxygen atoms in total. The Bertz CT molecular complexity index is 1580. The van der Waals surface area contributed by atoms with Gasteiger partial charge in [0.15, 0.2) is 17.4 Å². The number of fused-ring (bicyclic) bond motifs is 2. The van der Waals surface area contributed by atoms with Crippen molar-refractivity contribution in [3.8, 4) is 17.5 Å². The van der Waals surface area contributed by atoms with Crippen LogP contribution >= 0.6 is 0 Å². The fourth-order valence-electron chi connectivity index (χ4n) is 5.33. The number of carboxylic acids is 1. The van der Waals surface area contributed by atoms with Gasteiger partial charge in [-0.15, -0.1) is 0 Å². The number of nitriles is 1. The third kappa shape index (κ3) is 3.33. The number of benzene rings is 2. The zero-order valence-electron chi connectivity index (χ0n) is 19.8. The van der Waals surface area contributed by atoms with Crippen LogP contribution in [0.2, 0.25) is 0 Å². The number of alkyl halides is 1. The van der Waals surface area contributed by atoms with Crippen LogP contribution in [-0.2, 0) is 10.2 Å². The first-order valence-corrected chi connectivity index (χ1v) is 11.4. The number of hydrogen-bond acceptors (Lipinski definition) is 4. The molecule has 5 rings (SSSR count). The zero-order chi connectivity index (χ0) is 26.0. The molecule has 36 heavy (non-hydrogen) atoms. The van der Waals surface area contributed by atoms with E-state index in [1.807, 2.05) is 13.8 Å². The van der Waals surface area contributed by atoms with E-state index in [0.717, 1.165) is 0 Å². The molecule has 10 heteroatoms. The van der Waals surface area contributed by atoms with Gasteiger partial charge in [-0.1, -0.05) is 13.8 Å². The minimum atomic E-state index is -2.41. The van der Waals surface area contributed by atoms with E-state index in [-0.39, 0.29) is 35.9 Å². The molecule has 1 aliphatic carbocycles. The van der Waals surface area contributed by atoms with Crippen molar-refractivity contribution in [1.29, 1.82) is 5.26 Å². The Morgan fingerprint density at radius 2 is 2.08 bits per heavy atom. The fraction of sp³-hybridized carbons (Fsp3) is 0.346. The van der Waals surface area contributed by atoms with Crippen molar-refractivity contribution in [3.05, 3.63) is 53.4 Å². The number of carboxylic acid groups (broad SMARTS) is 1. The largest absolute Gasteiger partial charge is 0.494 e. The summed E-state index contributed by atoms with van der Waals surface area (Å²) in [7, 11) is 1.33. The van der Waals surface area contributed by atoms with Crippen LogP contribution in [0, 0.1) is 23.0 Å². The Morgan fingerprint density at radius 3 is 2.72 bits per heavy atom. The van der Waals surface area contributed by atoms with Gasteiger partial charge in [-0.25, -0.2) is 18.0 Å². The first-order valence-electron chi connectivity index (χ1n) is 11.4. The molecular weight excluding hydrogens is 473 g/mol. The third-order valence-electron chi connectivity index (χ3n) is 7.13. The average Bonchev–Trinajstić information content (AvgIpc) is 3.41. The number of ether oxygens (including phenoxy) is 1. The van der Waals surface area contributed by atoms with Crippen LogP contribution in [0.3, 0.4) is 0 Å². The number of rotatable bonds is 6. The van der Waals surface area contributed by atoms with E-state index in [9.17, 15) is 23.9 Å². The molecule has 1 aliphatic rings. The topological polar surface area (TPSA) is 104 Å². The number of hydrogen-bond donors (Lipinski definition) is 2. The van der Waals surface area contributed by atoms with Crippen LogP contribution in [0.15, 0.2) is 30.5 Å². The fourth-order valence-corrected chi connectivity index (χ4v) is 5.33. The number of methoxy groups -OCH3 is 1. The highest BCUT2D eigenvalue weighted by Crippen LogP contribution is 2.54. The second-order valence-electron chi connectivity index (χ2n) is 9.93. The second-order valence-corrected chi connectivity index (χ2v) is 9.93. The summed E-state index contributed by atoms with van der Waals surface area (Å²) in [6.07, 6.45) is 0.858. The van der Waals surface area contributed by atoms with Gasteiger partial charge in [0.1, 0.15) is 5.52 Å². The molecule has 186 valence electrons. The number of carbonyl (C=O) groups is 1. The van der Waals surface area contributed by atoms with E-state index >= 15 is 4.39 Å². The molecule has 2 N–H and O–H groups in total. The Labute approximate surface area is 204 Å². The Kier molecular flexibility index (Phi) is 5.28. The summed E-state index contributed by atoms with van der Waals surface area (Å²) in [6, 6.07) is 8.10. The predicted molar refractivity (Wildman–Crippen MR) is 126 cm³/mol. The van der Waals surface area contributed by atoms with Gasteiger partial charge in [-0.3, -0.25) is 5.10 Å². The molecule has 0 bridgehead atoms. The lowest BCUT2D eigenvalue weighted by Crippen LogP contribution is -2.46. The number of halogens is 3. The molecule has 1 saturated carbocycles. The maximum absolute atomic E-state index is 16.1. The predicted octanol–water partition coefficient (Wildman–Crippen LogP) is 5.66. The number of aromatic amines is 1.